The molecular weight excluding hydrogens is 406 g/mol. The molecule has 0 bridgehead atoms. The Bertz CT molecular complexity index is 876. The summed E-state index contributed by atoms with van der Waals surface area (Å²) >= 11 is 0. The van der Waals surface area contributed by atoms with E-state index in [-0.39, 0.29) is 23.4 Å². The molecule has 0 aliphatic heterocycles. The van der Waals surface area contributed by atoms with E-state index in [0.717, 1.165) is 17.7 Å². The van der Waals surface area contributed by atoms with Crippen LogP contribution in [0.1, 0.15) is 62.1 Å². The summed E-state index contributed by atoms with van der Waals surface area (Å²) in [7, 11) is 0. The minimum Gasteiger partial charge on any atom is -0.491 e. The molecule has 6 nitrogen and oxygen atoms in total. The average molecular weight is 442 g/mol. The lowest BCUT2D eigenvalue weighted by Crippen LogP contribution is -2.41. The Morgan fingerprint density at radius 2 is 1.66 bits per heavy atom. The van der Waals surface area contributed by atoms with Crippen molar-refractivity contribution in [1.29, 1.82) is 0 Å². The Hall–Kier alpha value is -2.86. The van der Waals surface area contributed by atoms with Crippen LogP contribution in [-0.2, 0) is 16.0 Å². The first-order valence-electron chi connectivity index (χ1n) is 11.1. The molecule has 0 aromatic heterocycles. The van der Waals surface area contributed by atoms with Gasteiger partial charge in [0.15, 0.2) is 0 Å². The van der Waals surface area contributed by atoms with Gasteiger partial charge in [-0.2, -0.15) is 0 Å². The van der Waals surface area contributed by atoms with Crippen LogP contribution in [0.5, 0.6) is 5.75 Å². The second-order valence-electron chi connectivity index (χ2n) is 8.79. The Morgan fingerprint density at radius 3 is 2.25 bits per heavy atom. The number of amides is 1. The maximum Gasteiger partial charge on any atom is 0.335 e. The lowest BCUT2D eigenvalue weighted by molar-refractivity contribution is -0.136. The van der Waals surface area contributed by atoms with Crippen LogP contribution >= 0.6 is 0 Å². The molecular formula is C26H35NO5. The van der Waals surface area contributed by atoms with E-state index in [4.69, 9.17) is 14.6 Å². The molecule has 0 saturated heterocycles. The van der Waals surface area contributed by atoms with Crippen LogP contribution in [0, 0.1) is 11.8 Å². The van der Waals surface area contributed by atoms with Gasteiger partial charge in [-0.3, -0.25) is 4.79 Å². The van der Waals surface area contributed by atoms with E-state index < -0.39 is 12.1 Å². The number of carbonyl (C=O) groups is 2. The van der Waals surface area contributed by atoms with E-state index in [1.54, 1.807) is 12.1 Å². The largest absolute Gasteiger partial charge is 0.491 e. The highest BCUT2D eigenvalue weighted by molar-refractivity contribution is 5.87. The van der Waals surface area contributed by atoms with Gasteiger partial charge in [0.2, 0.25) is 5.91 Å². The molecule has 0 aliphatic carbocycles. The third-order valence-electron chi connectivity index (χ3n) is 5.07. The molecule has 0 fully saturated rings. The molecule has 174 valence electrons. The van der Waals surface area contributed by atoms with E-state index in [9.17, 15) is 9.59 Å². The first-order valence-corrected chi connectivity index (χ1v) is 11.1. The smallest absolute Gasteiger partial charge is 0.335 e. The molecule has 0 spiro atoms. The highest BCUT2D eigenvalue weighted by Crippen LogP contribution is 2.18. The monoisotopic (exact) mass is 441 g/mol. The van der Waals surface area contributed by atoms with Crippen LogP contribution in [0.4, 0.5) is 0 Å². The van der Waals surface area contributed by atoms with Gasteiger partial charge < -0.3 is 19.9 Å². The van der Waals surface area contributed by atoms with Crippen LogP contribution in [0.15, 0.2) is 48.5 Å². The third kappa shape index (κ3) is 8.00. The fourth-order valence-electron chi connectivity index (χ4n) is 3.43. The summed E-state index contributed by atoms with van der Waals surface area (Å²) in [6.07, 6.45) is 0.396. The number of ether oxygens (including phenoxy) is 2. The summed E-state index contributed by atoms with van der Waals surface area (Å²) in [5.41, 5.74) is 2.28. The summed E-state index contributed by atoms with van der Waals surface area (Å²) in [6.45, 7) is 10.8. The van der Waals surface area contributed by atoms with Gasteiger partial charge in [-0.1, -0.05) is 52.0 Å². The lowest BCUT2D eigenvalue weighted by Gasteiger charge is -2.23. The molecule has 0 heterocycles. The fraction of sp³-hybridized carbons (Fsp3) is 0.462. The summed E-state index contributed by atoms with van der Waals surface area (Å²) in [5, 5.41) is 12.0. The van der Waals surface area contributed by atoms with Gasteiger partial charge in [-0.25, -0.2) is 4.79 Å². The van der Waals surface area contributed by atoms with Crippen molar-refractivity contribution >= 4 is 11.9 Å². The van der Waals surface area contributed by atoms with Gasteiger partial charge in [0.1, 0.15) is 18.5 Å². The maximum absolute atomic E-state index is 12.8. The Kier molecular flexibility index (Phi) is 9.72. The molecule has 1 amide bonds. The number of hydrogen-bond acceptors (Lipinski definition) is 4. The van der Waals surface area contributed by atoms with Crippen molar-refractivity contribution in [3.63, 3.8) is 0 Å². The Balaban J connectivity index is 1.86. The number of carboxylic acid groups (broad SMARTS) is 1. The van der Waals surface area contributed by atoms with E-state index in [0.29, 0.717) is 19.1 Å². The standard InChI is InChI=1S/C26H35NO5/c1-17(2)15-20-7-6-8-23(16-20)31-13-14-32-24(18(3)4)25(28)27-19(5)21-9-11-22(12-10-21)26(29)30/h6-12,16-19,24H,13-15H2,1-5H3,(H,27,28)(H,29,30). The molecule has 0 aliphatic rings. The summed E-state index contributed by atoms with van der Waals surface area (Å²) < 4.78 is 11.7. The number of aromatic carboxylic acids is 1. The number of nitrogens with one attached hydrogen (secondary N) is 1. The molecule has 2 aromatic carbocycles. The molecule has 32 heavy (non-hydrogen) atoms. The van der Waals surface area contributed by atoms with Crippen molar-refractivity contribution in [2.24, 2.45) is 11.8 Å². The molecule has 2 N–H and O–H groups in total. The van der Waals surface area contributed by atoms with Crippen molar-refractivity contribution in [2.45, 2.75) is 53.2 Å². The van der Waals surface area contributed by atoms with Crippen molar-refractivity contribution in [2.75, 3.05) is 13.2 Å². The third-order valence-corrected chi connectivity index (χ3v) is 5.07. The number of carboxylic acids is 1. The van der Waals surface area contributed by atoms with Crippen LogP contribution < -0.4 is 10.1 Å². The summed E-state index contributed by atoms with van der Waals surface area (Å²) in [4.78, 5) is 23.8. The number of carbonyl (C=O) groups excluding carboxylic acids is 1. The highest BCUT2D eigenvalue weighted by Gasteiger charge is 2.24. The van der Waals surface area contributed by atoms with Crippen molar-refractivity contribution in [3.8, 4) is 5.75 Å². The zero-order chi connectivity index (χ0) is 23.7. The van der Waals surface area contributed by atoms with Gasteiger partial charge in [-0.05, 0) is 60.6 Å². The topological polar surface area (TPSA) is 84.9 Å². The predicted octanol–water partition coefficient (Wildman–Crippen LogP) is 4.88. The van der Waals surface area contributed by atoms with Crippen molar-refractivity contribution in [1.82, 2.24) is 5.32 Å². The molecule has 2 rings (SSSR count). The van der Waals surface area contributed by atoms with Crippen LogP contribution in [-0.4, -0.2) is 36.3 Å². The summed E-state index contributed by atoms with van der Waals surface area (Å²) in [5.74, 6) is 0.196. The molecule has 6 heteroatoms. The van der Waals surface area contributed by atoms with Crippen LogP contribution in [0.2, 0.25) is 0 Å². The Labute approximate surface area is 190 Å². The second-order valence-corrected chi connectivity index (χ2v) is 8.79. The zero-order valence-electron chi connectivity index (χ0n) is 19.6. The van der Waals surface area contributed by atoms with Crippen molar-refractivity contribution < 1.29 is 24.2 Å². The van der Waals surface area contributed by atoms with E-state index in [2.05, 4.69) is 25.2 Å². The zero-order valence-corrected chi connectivity index (χ0v) is 19.6. The molecule has 2 aromatic rings. The normalized spacial score (nSPS) is 13.1. The van der Waals surface area contributed by atoms with E-state index in [1.165, 1.54) is 17.7 Å². The average Bonchev–Trinajstić information content (AvgIpc) is 2.73. The summed E-state index contributed by atoms with van der Waals surface area (Å²) in [6, 6.07) is 14.3. The lowest BCUT2D eigenvalue weighted by atomic mass is 10.0. The van der Waals surface area contributed by atoms with Gasteiger partial charge >= 0.3 is 5.97 Å². The molecule has 2 atom stereocenters. The first-order chi connectivity index (χ1) is 15.2. The van der Waals surface area contributed by atoms with Crippen LogP contribution in [0.3, 0.4) is 0 Å². The Morgan fingerprint density at radius 1 is 0.969 bits per heavy atom. The number of hydrogen-bond donors (Lipinski definition) is 2. The van der Waals surface area contributed by atoms with Crippen molar-refractivity contribution in [3.05, 3.63) is 65.2 Å². The number of benzene rings is 2. The molecule has 2 unspecified atom stereocenters. The highest BCUT2D eigenvalue weighted by atomic mass is 16.5. The SMILES string of the molecule is CC(C)Cc1cccc(OCCOC(C(=O)NC(C)c2ccc(C(=O)O)cc2)C(C)C)c1. The maximum atomic E-state index is 12.8. The molecule has 0 saturated carbocycles. The number of rotatable bonds is 12. The first kappa shape index (κ1) is 25.4. The van der Waals surface area contributed by atoms with E-state index in [1.807, 2.05) is 39.0 Å². The van der Waals surface area contributed by atoms with Gasteiger partial charge in [0.05, 0.1) is 18.2 Å². The van der Waals surface area contributed by atoms with Crippen LogP contribution in [0.25, 0.3) is 0 Å². The van der Waals surface area contributed by atoms with Gasteiger partial charge in [0.25, 0.3) is 0 Å². The van der Waals surface area contributed by atoms with Gasteiger partial charge in [0, 0.05) is 0 Å². The second kappa shape index (κ2) is 12.2. The minimum atomic E-state index is -0.977. The quantitative estimate of drug-likeness (QED) is 0.459. The molecule has 0 radical (unpaired) electrons. The van der Waals surface area contributed by atoms with E-state index >= 15 is 0 Å². The fourth-order valence-corrected chi connectivity index (χ4v) is 3.43. The van der Waals surface area contributed by atoms with Gasteiger partial charge in [-0.15, -0.1) is 0 Å². The predicted molar refractivity (Wildman–Crippen MR) is 125 cm³/mol. The minimum absolute atomic E-state index is 0.00837.